The Hall–Kier alpha value is -1.39. The fourth-order valence-corrected chi connectivity index (χ4v) is 3.12. The maximum absolute atomic E-state index is 10.7. The highest BCUT2D eigenvalue weighted by Gasteiger charge is 2.36. The van der Waals surface area contributed by atoms with Gasteiger partial charge in [-0.05, 0) is 25.8 Å². The number of aliphatic hydroxyl groups is 1. The van der Waals surface area contributed by atoms with Crippen molar-refractivity contribution in [3.8, 4) is 0 Å². The van der Waals surface area contributed by atoms with Gasteiger partial charge in [0, 0.05) is 25.5 Å². The average Bonchev–Trinajstić information content (AvgIpc) is 2.82. The second kappa shape index (κ2) is 6.58. The lowest BCUT2D eigenvalue weighted by Crippen LogP contribution is -2.45. The van der Waals surface area contributed by atoms with Crippen molar-refractivity contribution in [3.63, 3.8) is 0 Å². The third-order valence-electron chi connectivity index (χ3n) is 4.46. The van der Waals surface area contributed by atoms with Crippen LogP contribution < -0.4 is 0 Å². The zero-order chi connectivity index (χ0) is 15.5. The number of ether oxygens (including phenoxy) is 1. The molecular weight excluding hydrogens is 264 g/mol. The summed E-state index contributed by atoms with van der Waals surface area (Å²) in [5.74, 6) is 0. The normalized spacial score (nSPS) is 13.8. The van der Waals surface area contributed by atoms with E-state index in [0.29, 0.717) is 13.0 Å². The molecule has 1 heterocycles. The van der Waals surface area contributed by atoms with E-state index < -0.39 is 11.7 Å². The van der Waals surface area contributed by atoms with E-state index in [1.54, 1.807) is 0 Å². The molecule has 1 atom stereocenters. The third kappa shape index (κ3) is 2.97. The standard InChI is InChI=1S/C17H26N2O2/c1-5-17(6-2,21-7-3)16(20)12-14-13-10-8-9-11-15(13)19(4)18-14/h8-11,16,20H,5-7,12H2,1-4H3. The average molecular weight is 290 g/mol. The molecule has 0 fully saturated rings. The topological polar surface area (TPSA) is 47.3 Å². The van der Waals surface area contributed by atoms with Gasteiger partial charge in [0.1, 0.15) is 0 Å². The number of hydrogen-bond acceptors (Lipinski definition) is 3. The second-order valence-electron chi connectivity index (χ2n) is 5.51. The maximum atomic E-state index is 10.7. The van der Waals surface area contributed by atoms with E-state index in [9.17, 15) is 5.11 Å². The molecule has 21 heavy (non-hydrogen) atoms. The summed E-state index contributed by atoms with van der Waals surface area (Å²) in [6.45, 7) is 6.72. The van der Waals surface area contributed by atoms with Crippen molar-refractivity contribution < 1.29 is 9.84 Å². The van der Waals surface area contributed by atoms with Crippen molar-refractivity contribution in [1.82, 2.24) is 9.78 Å². The highest BCUT2D eigenvalue weighted by Crippen LogP contribution is 2.29. The Morgan fingerprint density at radius 2 is 1.90 bits per heavy atom. The lowest BCUT2D eigenvalue weighted by atomic mass is 9.87. The van der Waals surface area contributed by atoms with Crippen LogP contribution in [0.3, 0.4) is 0 Å². The Morgan fingerprint density at radius 1 is 1.24 bits per heavy atom. The van der Waals surface area contributed by atoms with Crippen LogP contribution in [0.15, 0.2) is 24.3 Å². The molecular formula is C17H26N2O2. The molecule has 1 N–H and O–H groups in total. The van der Waals surface area contributed by atoms with Gasteiger partial charge in [-0.3, -0.25) is 4.68 Å². The van der Waals surface area contributed by atoms with E-state index in [1.807, 2.05) is 36.9 Å². The molecule has 4 heteroatoms. The summed E-state index contributed by atoms with van der Waals surface area (Å²) in [4.78, 5) is 0. The van der Waals surface area contributed by atoms with Gasteiger partial charge in [-0.15, -0.1) is 0 Å². The Labute approximate surface area is 126 Å². The summed E-state index contributed by atoms with van der Waals surface area (Å²) >= 11 is 0. The molecule has 0 bridgehead atoms. The number of rotatable bonds is 7. The molecule has 1 unspecified atom stereocenters. The number of aryl methyl sites for hydroxylation is 1. The van der Waals surface area contributed by atoms with Crippen LogP contribution in [0.25, 0.3) is 10.9 Å². The molecule has 1 aromatic heterocycles. The molecule has 0 saturated heterocycles. The summed E-state index contributed by atoms with van der Waals surface area (Å²) in [6.07, 6.45) is 1.56. The van der Waals surface area contributed by atoms with Crippen LogP contribution in [0.2, 0.25) is 0 Å². The molecule has 0 amide bonds. The van der Waals surface area contributed by atoms with Crippen molar-refractivity contribution in [3.05, 3.63) is 30.0 Å². The Kier molecular flexibility index (Phi) is 5.01. The fraction of sp³-hybridized carbons (Fsp3) is 0.588. The Balaban J connectivity index is 2.30. The van der Waals surface area contributed by atoms with Crippen molar-refractivity contribution in [2.24, 2.45) is 7.05 Å². The molecule has 0 radical (unpaired) electrons. The quantitative estimate of drug-likeness (QED) is 0.852. The Bertz CT molecular complexity index is 587. The molecule has 116 valence electrons. The van der Waals surface area contributed by atoms with Gasteiger partial charge in [-0.25, -0.2) is 0 Å². The number of aromatic nitrogens is 2. The predicted molar refractivity (Wildman–Crippen MR) is 85.4 cm³/mol. The largest absolute Gasteiger partial charge is 0.390 e. The summed E-state index contributed by atoms with van der Waals surface area (Å²) in [6, 6.07) is 8.13. The number of nitrogens with zero attached hydrogens (tertiary/aromatic N) is 2. The molecule has 0 aliphatic carbocycles. The molecule has 4 nitrogen and oxygen atoms in total. The predicted octanol–water partition coefficient (Wildman–Crippen LogP) is 3.07. The lowest BCUT2D eigenvalue weighted by Gasteiger charge is -2.36. The molecule has 0 spiro atoms. The second-order valence-corrected chi connectivity index (χ2v) is 5.51. The highest BCUT2D eigenvalue weighted by atomic mass is 16.5. The number of benzene rings is 1. The van der Waals surface area contributed by atoms with Gasteiger partial charge in [0.15, 0.2) is 0 Å². The first kappa shape index (κ1) is 16.0. The van der Waals surface area contributed by atoms with Crippen molar-refractivity contribution >= 4 is 10.9 Å². The molecule has 2 rings (SSSR count). The Morgan fingerprint density at radius 3 is 2.52 bits per heavy atom. The highest BCUT2D eigenvalue weighted by molar-refractivity contribution is 5.81. The van der Waals surface area contributed by atoms with Gasteiger partial charge in [0.2, 0.25) is 0 Å². The molecule has 1 aromatic carbocycles. The van der Waals surface area contributed by atoms with Crippen LogP contribution in [0.1, 0.15) is 39.3 Å². The van der Waals surface area contributed by atoms with Crippen LogP contribution in [0.5, 0.6) is 0 Å². The fourth-order valence-electron chi connectivity index (χ4n) is 3.12. The first-order valence-corrected chi connectivity index (χ1v) is 7.80. The van der Waals surface area contributed by atoms with Gasteiger partial charge in [-0.1, -0.05) is 32.0 Å². The number of fused-ring (bicyclic) bond motifs is 1. The van der Waals surface area contributed by atoms with E-state index in [0.717, 1.165) is 29.4 Å². The van der Waals surface area contributed by atoms with E-state index in [4.69, 9.17) is 4.74 Å². The summed E-state index contributed by atoms with van der Waals surface area (Å²) < 4.78 is 7.77. The van der Waals surface area contributed by atoms with Crippen molar-refractivity contribution in [1.29, 1.82) is 0 Å². The van der Waals surface area contributed by atoms with E-state index in [2.05, 4.69) is 25.0 Å². The first-order chi connectivity index (χ1) is 10.1. The van der Waals surface area contributed by atoms with E-state index in [-0.39, 0.29) is 0 Å². The van der Waals surface area contributed by atoms with Crippen LogP contribution in [0, 0.1) is 0 Å². The van der Waals surface area contributed by atoms with Crippen molar-refractivity contribution in [2.75, 3.05) is 6.61 Å². The van der Waals surface area contributed by atoms with Gasteiger partial charge >= 0.3 is 0 Å². The molecule has 2 aromatic rings. The first-order valence-electron chi connectivity index (χ1n) is 7.80. The monoisotopic (exact) mass is 290 g/mol. The summed E-state index contributed by atoms with van der Waals surface area (Å²) in [5.41, 5.74) is 1.55. The maximum Gasteiger partial charge on any atom is 0.0938 e. The van der Waals surface area contributed by atoms with Crippen LogP contribution in [-0.2, 0) is 18.2 Å². The smallest absolute Gasteiger partial charge is 0.0938 e. The lowest BCUT2D eigenvalue weighted by molar-refractivity contribution is -0.124. The van der Waals surface area contributed by atoms with Gasteiger partial charge in [0.25, 0.3) is 0 Å². The molecule has 0 aliphatic rings. The minimum atomic E-state index is -0.550. The minimum Gasteiger partial charge on any atom is -0.390 e. The van der Waals surface area contributed by atoms with E-state index in [1.165, 1.54) is 0 Å². The number of hydrogen-bond donors (Lipinski definition) is 1. The SMILES string of the molecule is CCOC(CC)(CC)C(O)Cc1nn(C)c2ccccc12. The van der Waals surface area contributed by atoms with E-state index >= 15 is 0 Å². The minimum absolute atomic E-state index is 0.479. The van der Waals surface area contributed by atoms with Gasteiger partial charge < -0.3 is 9.84 Å². The zero-order valence-electron chi connectivity index (χ0n) is 13.5. The molecule has 0 saturated carbocycles. The van der Waals surface area contributed by atoms with Crippen molar-refractivity contribution in [2.45, 2.75) is 51.7 Å². The van der Waals surface area contributed by atoms with Crippen LogP contribution in [-0.4, -0.2) is 33.2 Å². The van der Waals surface area contributed by atoms with Gasteiger partial charge in [-0.2, -0.15) is 5.10 Å². The number of para-hydroxylation sites is 1. The summed E-state index contributed by atoms with van der Waals surface area (Å²) in [5, 5.41) is 16.4. The summed E-state index contributed by atoms with van der Waals surface area (Å²) in [7, 11) is 1.94. The third-order valence-corrected chi connectivity index (χ3v) is 4.46. The zero-order valence-corrected chi connectivity index (χ0v) is 13.5. The van der Waals surface area contributed by atoms with Crippen LogP contribution >= 0.6 is 0 Å². The number of aliphatic hydroxyl groups excluding tert-OH is 1. The van der Waals surface area contributed by atoms with Gasteiger partial charge in [0.05, 0.1) is 22.9 Å². The molecule has 0 aliphatic heterocycles. The van der Waals surface area contributed by atoms with Crippen LogP contribution in [0.4, 0.5) is 0 Å².